The summed E-state index contributed by atoms with van der Waals surface area (Å²) >= 11 is 3.13. The average molecular weight is 361 g/mol. The number of nitrogens with one attached hydrogen (secondary N) is 2. The maximum absolute atomic E-state index is 12.1. The molecule has 0 fully saturated rings. The molecule has 0 saturated carbocycles. The lowest BCUT2D eigenvalue weighted by Gasteiger charge is -2.11. The number of rotatable bonds is 7. The van der Waals surface area contributed by atoms with E-state index in [9.17, 15) is 4.79 Å². The Bertz CT molecular complexity index is 814. The number of thiophene rings is 1. The summed E-state index contributed by atoms with van der Waals surface area (Å²) in [6.45, 7) is 4.87. The van der Waals surface area contributed by atoms with Crippen molar-refractivity contribution in [2.45, 2.75) is 19.9 Å². The van der Waals surface area contributed by atoms with Gasteiger partial charge < -0.3 is 15.4 Å². The summed E-state index contributed by atoms with van der Waals surface area (Å²) in [5.74, 6) is 0.723. The first-order chi connectivity index (χ1) is 11.7. The number of fused-ring (bicyclic) bond motifs is 1. The van der Waals surface area contributed by atoms with Crippen LogP contribution in [0.1, 0.15) is 24.8 Å². The van der Waals surface area contributed by atoms with Gasteiger partial charge in [-0.1, -0.05) is 17.4 Å². The molecule has 7 heteroatoms. The Balaban J connectivity index is 1.58. The van der Waals surface area contributed by atoms with Crippen molar-refractivity contribution in [3.05, 3.63) is 40.6 Å². The zero-order valence-corrected chi connectivity index (χ0v) is 15.2. The van der Waals surface area contributed by atoms with Gasteiger partial charge in [-0.2, -0.15) is 0 Å². The van der Waals surface area contributed by atoms with Crippen LogP contribution in [0.5, 0.6) is 5.75 Å². The van der Waals surface area contributed by atoms with Crippen LogP contribution < -0.4 is 15.4 Å². The van der Waals surface area contributed by atoms with E-state index in [4.69, 9.17) is 4.74 Å². The second kappa shape index (κ2) is 7.74. The second-order valence-electron chi connectivity index (χ2n) is 5.25. The van der Waals surface area contributed by atoms with Crippen LogP contribution in [-0.2, 0) is 4.79 Å². The molecule has 24 heavy (non-hydrogen) atoms. The number of carbonyl (C=O) groups is 1. The highest BCUT2D eigenvalue weighted by Crippen LogP contribution is 2.29. The number of hydrogen-bond donors (Lipinski definition) is 2. The molecule has 2 aromatic heterocycles. The number of nitrogens with zero attached hydrogens (tertiary/aromatic N) is 1. The summed E-state index contributed by atoms with van der Waals surface area (Å²) in [7, 11) is 0. The molecule has 0 saturated heterocycles. The second-order valence-corrected chi connectivity index (χ2v) is 7.26. The molecule has 0 aliphatic rings. The SMILES string of the molecule is CCOc1ccc2nc(NC(=O)CNC(C)c3cccs3)sc2c1. The minimum absolute atomic E-state index is 0.0949. The number of amides is 1. The van der Waals surface area contributed by atoms with Gasteiger partial charge >= 0.3 is 0 Å². The Morgan fingerprint density at radius 2 is 2.25 bits per heavy atom. The highest BCUT2D eigenvalue weighted by molar-refractivity contribution is 7.22. The molecular formula is C17H19N3O2S2. The van der Waals surface area contributed by atoms with Crippen LogP contribution in [0.15, 0.2) is 35.7 Å². The number of ether oxygens (including phenoxy) is 1. The van der Waals surface area contributed by atoms with Crippen molar-refractivity contribution in [1.82, 2.24) is 10.3 Å². The van der Waals surface area contributed by atoms with Crippen molar-refractivity contribution >= 4 is 43.9 Å². The van der Waals surface area contributed by atoms with E-state index in [1.54, 1.807) is 11.3 Å². The van der Waals surface area contributed by atoms with E-state index in [1.165, 1.54) is 16.2 Å². The Labute approximate surface area is 148 Å². The highest BCUT2D eigenvalue weighted by Gasteiger charge is 2.11. The molecule has 2 heterocycles. The maximum Gasteiger partial charge on any atom is 0.240 e. The first-order valence-electron chi connectivity index (χ1n) is 7.75. The zero-order chi connectivity index (χ0) is 16.9. The van der Waals surface area contributed by atoms with E-state index in [0.717, 1.165) is 16.0 Å². The Morgan fingerprint density at radius 3 is 3.00 bits per heavy atom. The monoisotopic (exact) mass is 361 g/mol. The Kier molecular flexibility index (Phi) is 5.44. The summed E-state index contributed by atoms with van der Waals surface area (Å²) in [5, 5.41) is 8.71. The van der Waals surface area contributed by atoms with Gasteiger partial charge in [0.05, 0.1) is 23.4 Å². The third-order valence-corrected chi connectivity index (χ3v) is 5.44. The van der Waals surface area contributed by atoms with E-state index in [0.29, 0.717) is 11.7 Å². The van der Waals surface area contributed by atoms with Crippen LogP contribution >= 0.6 is 22.7 Å². The average Bonchev–Trinajstić information content (AvgIpc) is 3.21. The standard InChI is InChI=1S/C17H19N3O2S2/c1-3-22-12-6-7-13-15(9-12)24-17(19-13)20-16(21)10-18-11(2)14-5-4-8-23-14/h4-9,11,18H,3,10H2,1-2H3,(H,19,20,21). The van der Waals surface area contributed by atoms with Crippen molar-refractivity contribution < 1.29 is 9.53 Å². The third kappa shape index (κ3) is 4.11. The fraction of sp³-hybridized carbons (Fsp3) is 0.294. The van der Waals surface area contributed by atoms with Gasteiger partial charge in [0.15, 0.2) is 5.13 Å². The number of carbonyl (C=O) groups excluding carboxylic acids is 1. The normalized spacial score (nSPS) is 12.2. The van der Waals surface area contributed by atoms with Gasteiger partial charge in [0.1, 0.15) is 5.75 Å². The molecule has 5 nitrogen and oxygen atoms in total. The first-order valence-corrected chi connectivity index (χ1v) is 9.45. The predicted octanol–water partition coefficient (Wildman–Crippen LogP) is 4.05. The minimum Gasteiger partial charge on any atom is -0.494 e. The molecule has 1 atom stereocenters. The van der Waals surface area contributed by atoms with Gasteiger partial charge in [0.25, 0.3) is 0 Å². The Morgan fingerprint density at radius 1 is 1.38 bits per heavy atom. The molecule has 3 aromatic rings. The van der Waals surface area contributed by atoms with Gasteiger partial charge in [-0.05, 0) is 43.5 Å². The molecule has 0 bridgehead atoms. The Hall–Kier alpha value is -1.96. The van der Waals surface area contributed by atoms with Gasteiger partial charge in [-0.3, -0.25) is 4.79 Å². The lowest BCUT2D eigenvalue weighted by Crippen LogP contribution is -2.29. The van der Waals surface area contributed by atoms with E-state index in [2.05, 4.69) is 21.7 Å². The molecule has 1 amide bonds. The van der Waals surface area contributed by atoms with Crippen LogP contribution in [0.25, 0.3) is 10.2 Å². The molecule has 1 aromatic carbocycles. The lowest BCUT2D eigenvalue weighted by molar-refractivity contribution is -0.115. The predicted molar refractivity (Wildman–Crippen MR) is 100 cm³/mol. The largest absolute Gasteiger partial charge is 0.494 e. The van der Waals surface area contributed by atoms with Crippen LogP contribution in [0.4, 0.5) is 5.13 Å². The van der Waals surface area contributed by atoms with Crippen molar-refractivity contribution in [1.29, 1.82) is 0 Å². The summed E-state index contributed by atoms with van der Waals surface area (Å²) in [4.78, 5) is 17.8. The molecular weight excluding hydrogens is 342 g/mol. The third-order valence-electron chi connectivity index (χ3n) is 3.46. The molecule has 0 aliphatic carbocycles. The van der Waals surface area contributed by atoms with Crippen LogP contribution in [0.3, 0.4) is 0 Å². The first kappa shape index (κ1) is 16.9. The van der Waals surface area contributed by atoms with E-state index in [1.807, 2.05) is 43.5 Å². The molecule has 1 unspecified atom stereocenters. The number of aromatic nitrogens is 1. The van der Waals surface area contributed by atoms with Crippen molar-refractivity contribution in [3.8, 4) is 5.75 Å². The fourth-order valence-electron chi connectivity index (χ4n) is 2.26. The molecule has 0 spiro atoms. The summed E-state index contributed by atoms with van der Waals surface area (Å²) in [6, 6.07) is 9.97. The number of hydrogen-bond acceptors (Lipinski definition) is 6. The minimum atomic E-state index is -0.0949. The van der Waals surface area contributed by atoms with E-state index >= 15 is 0 Å². The van der Waals surface area contributed by atoms with Gasteiger partial charge in [0.2, 0.25) is 5.91 Å². The smallest absolute Gasteiger partial charge is 0.240 e. The summed E-state index contributed by atoms with van der Waals surface area (Å²) in [6.07, 6.45) is 0. The van der Waals surface area contributed by atoms with Gasteiger partial charge in [0, 0.05) is 10.9 Å². The zero-order valence-electron chi connectivity index (χ0n) is 13.5. The lowest BCUT2D eigenvalue weighted by atomic mass is 10.3. The van der Waals surface area contributed by atoms with Crippen LogP contribution in [0.2, 0.25) is 0 Å². The van der Waals surface area contributed by atoms with Crippen LogP contribution in [-0.4, -0.2) is 24.0 Å². The van der Waals surface area contributed by atoms with Crippen LogP contribution in [0, 0.1) is 0 Å². The van der Waals surface area contributed by atoms with Crippen molar-refractivity contribution in [2.24, 2.45) is 0 Å². The van der Waals surface area contributed by atoms with Crippen molar-refractivity contribution in [2.75, 3.05) is 18.5 Å². The highest BCUT2D eigenvalue weighted by atomic mass is 32.1. The molecule has 0 radical (unpaired) electrons. The molecule has 2 N–H and O–H groups in total. The molecule has 126 valence electrons. The van der Waals surface area contributed by atoms with E-state index in [-0.39, 0.29) is 18.5 Å². The summed E-state index contributed by atoms with van der Waals surface area (Å²) < 4.78 is 6.48. The number of thiazole rings is 1. The van der Waals surface area contributed by atoms with E-state index < -0.39 is 0 Å². The number of anilines is 1. The maximum atomic E-state index is 12.1. The summed E-state index contributed by atoms with van der Waals surface area (Å²) in [5.41, 5.74) is 0.860. The van der Waals surface area contributed by atoms with Gasteiger partial charge in [-0.25, -0.2) is 4.98 Å². The van der Waals surface area contributed by atoms with Crippen molar-refractivity contribution in [3.63, 3.8) is 0 Å². The quantitative estimate of drug-likeness (QED) is 0.666. The number of benzene rings is 1. The van der Waals surface area contributed by atoms with Gasteiger partial charge in [-0.15, -0.1) is 11.3 Å². The fourth-order valence-corrected chi connectivity index (χ4v) is 3.93. The topological polar surface area (TPSA) is 63.2 Å². The molecule has 0 aliphatic heterocycles. The molecule has 3 rings (SSSR count).